The van der Waals surface area contributed by atoms with Crippen LogP contribution in [-0.2, 0) is 6.54 Å². The highest BCUT2D eigenvalue weighted by Gasteiger charge is 2.16. The van der Waals surface area contributed by atoms with Gasteiger partial charge in [-0.25, -0.2) is 0 Å². The standard InChI is InChI=1S/C14H11ClN2O4/c15-11-5-13-14(21-8-20-13)6-12(11)16-7-9-1-3-10(4-2-9)17(18)19/h1-6,16H,7-8H2. The fourth-order valence-electron chi connectivity index (χ4n) is 1.99. The minimum atomic E-state index is -0.425. The van der Waals surface area contributed by atoms with Crippen molar-refractivity contribution in [3.63, 3.8) is 0 Å². The van der Waals surface area contributed by atoms with Crippen LogP contribution in [0.5, 0.6) is 11.5 Å². The molecule has 0 aliphatic carbocycles. The Kier molecular flexibility index (Phi) is 3.53. The maximum Gasteiger partial charge on any atom is 0.269 e. The summed E-state index contributed by atoms with van der Waals surface area (Å²) in [5, 5.41) is 14.3. The molecule has 1 heterocycles. The SMILES string of the molecule is O=[N+]([O-])c1ccc(CNc2cc3c(cc2Cl)OCO3)cc1. The second kappa shape index (κ2) is 5.49. The Bertz CT molecular complexity index is 688. The third-order valence-corrected chi connectivity index (χ3v) is 3.41. The highest BCUT2D eigenvalue weighted by atomic mass is 35.5. The highest BCUT2D eigenvalue weighted by Crippen LogP contribution is 2.39. The van der Waals surface area contributed by atoms with E-state index in [9.17, 15) is 10.1 Å². The summed E-state index contributed by atoms with van der Waals surface area (Å²) in [6.07, 6.45) is 0. The number of nitro groups is 1. The van der Waals surface area contributed by atoms with Gasteiger partial charge in [0.05, 0.1) is 15.6 Å². The summed E-state index contributed by atoms with van der Waals surface area (Å²) in [6, 6.07) is 9.81. The van der Waals surface area contributed by atoms with Gasteiger partial charge in [-0.3, -0.25) is 10.1 Å². The zero-order valence-corrected chi connectivity index (χ0v) is 11.6. The Morgan fingerprint density at radius 2 is 1.86 bits per heavy atom. The Balaban J connectivity index is 1.71. The average Bonchev–Trinajstić information content (AvgIpc) is 2.92. The number of anilines is 1. The van der Waals surface area contributed by atoms with E-state index in [-0.39, 0.29) is 12.5 Å². The van der Waals surface area contributed by atoms with Crippen LogP contribution in [0.25, 0.3) is 0 Å². The molecule has 0 unspecified atom stereocenters. The van der Waals surface area contributed by atoms with Gasteiger partial charge in [-0.1, -0.05) is 23.7 Å². The predicted octanol–water partition coefficient (Wildman–Crippen LogP) is 3.59. The van der Waals surface area contributed by atoms with Crippen molar-refractivity contribution in [2.75, 3.05) is 12.1 Å². The van der Waals surface area contributed by atoms with Gasteiger partial charge in [0.1, 0.15) is 0 Å². The van der Waals surface area contributed by atoms with Gasteiger partial charge in [-0.05, 0) is 5.56 Å². The van der Waals surface area contributed by atoms with Gasteiger partial charge in [0.2, 0.25) is 6.79 Å². The first-order valence-corrected chi connectivity index (χ1v) is 6.57. The fourth-order valence-corrected chi connectivity index (χ4v) is 2.21. The summed E-state index contributed by atoms with van der Waals surface area (Å²) < 4.78 is 10.5. The van der Waals surface area contributed by atoms with Crippen molar-refractivity contribution in [1.82, 2.24) is 0 Å². The number of non-ortho nitro benzene ring substituents is 1. The minimum absolute atomic E-state index is 0.0693. The van der Waals surface area contributed by atoms with Crippen LogP contribution < -0.4 is 14.8 Å². The normalized spacial score (nSPS) is 12.2. The molecule has 0 atom stereocenters. The zero-order chi connectivity index (χ0) is 14.8. The highest BCUT2D eigenvalue weighted by molar-refractivity contribution is 6.33. The summed E-state index contributed by atoms with van der Waals surface area (Å²) in [5.74, 6) is 1.27. The maximum atomic E-state index is 10.6. The molecule has 0 saturated carbocycles. The molecule has 0 amide bonds. The second-order valence-corrected chi connectivity index (χ2v) is 4.87. The first-order valence-electron chi connectivity index (χ1n) is 6.20. The van der Waals surface area contributed by atoms with E-state index in [1.807, 2.05) is 0 Å². The van der Waals surface area contributed by atoms with Crippen LogP contribution in [0.2, 0.25) is 5.02 Å². The molecule has 2 aromatic carbocycles. The van der Waals surface area contributed by atoms with Crippen LogP contribution in [0, 0.1) is 10.1 Å². The summed E-state index contributed by atoms with van der Waals surface area (Å²) in [6.45, 7) is 0.689. The van der Waals surface area contributed by atoms with Crippen molar-refractivity contribution in [1.29, 1.82) is 0 Å². The van der Waals surface area contributed by atoms with E-state index in [1.165, 1.54) is 12.1 Å². The average molecular weight is 307 g/mol. The Labute approximate surface area is 125 Å². The second-order valence-electron chi connectivity index (χ2n) is 4.46. The summed E-state index contributed by atoms with van der Waals surface area (Å²) >= 11 is 6.15. The van der Waals surface area contributed by atoms with Crippen molar-refractivity contribution in [3.05, 3.63) is 57.1 Å². The summed E-state index contributed by atoms with van der Waals surface area (Å²) in [4.78, 5) is 10.2. The van der Waals surface area contributed by atoms with E-state index in [4.69, 9.17) is 21.1 Å². The number of ether oxygens (including phenoxy) is 2. The molecule has 2 aromatic rings. The molecule has 0 saturated heterocycles. The van der Waals surface area contributed by atoms with Gasteiger partial charge in [0, 0.05) is 30.8 Å². The fraction of sp³-hybridized carbons (Fsp3) is 0.143. The largest absolute Gasteiger partial charge is 0.454 e. The maximum absolute atomic E-state index is 10.6. The van der Waals surface area contributed by atoms with E-state index in [0.717, 1.165) is 11.3 Å². The van der Waals surface area contributed by atoms with Gasteiger partial charge in [0.25, 0.3) is 5.69 Å². The monoisotopic (exact) mass is 306 g/mol. The molecule has 0 spiro atoms. The number of halogens is 1. The van der Waals surface area contributed by atoms with Gasteiger partial charge in [-0.2, -0.15) is 0 Å². The van der Waals surface area contributed by atoms with Gasteiger partial charge in [-0.15, -0.1) is 0 Å². The van der Waals surface area contributed by atoms with Crippen LogP contribution in [0.4, 0.5) is 11.4 Å². The molecule has 0 radical (unpaired) electrons. The molecule has 21 heavy (non-hydrogen) atoms. The molecular formula is C14H11ClN2O4. The number of benzene rings is 2. The van der Waals surface area contributed by atoms with E-state index in [1.54, 1.807) is 24.3 Å². The quantitative estimate of drug-likeness (QED) is 0.690. The van der Waals surface area contributed by atoms with Crippen LogP contribution in [-0.4, -0.2) is 11.7 Å². The molecule has 1 aliphatic heterocycles. The number of hydrogen-bond donors (Lipinski definition) is 1. The van der Waals surface area contributed by atoms with E-state index in [0.29, 0.717) is 23.1 Å². The number of hydrogen-bond acceptors (Lipinski definition) is 5. The summed E-state index contributed by atoms with van der Waals surface area (Å²) in [5.41, 5.74) is 1.70. The third kappa shape index (κ3) is 2.85. The summed E-state index contributed by atoms with van der Waals surface area (Å²) in [7, 11) is 0. The van der Waals surface area contributed by atoms with E-state index >= 15 is 0 Å². The molecule has 0 fully saturated rings. The van der Waals surface area contributed by atoms with Crippen molar-refractivity contribution >= 4 is 23.0 Å². The third-order valence-electron chi connectivity index (χ3n) is 3.09. The van der Waals surface area contributed by atoms with Crippen molar-refractivity contribution in [2.24, 2.45) is 0 Å². The molecule has 0 bridgehead atoms. The molecule has 108 valence electrons. The zero-order valence-electron chi connectivity index (χ0n) is 10.8. The number of nitrogens with one attached hydrogen (secondary N) is 1. The number of nitrogens with zero attached hydrogens (tertiary/aromatic N) is 1. The number of rotatable bonds is 4. The van der Waals surface area contributed by atoms with Gasteiger partial charge in [0.15, 0.2) is 11.5 Å². The lowest BCUT2D eigenvalue weighted by Crippen LogP contribution is -2.00. The van der Waals surface area contributed by atoms with Crippen LogP contribution >= 0.6 is 11.6 Å². The van der Waals surface area contributed by atoms with Crippen LogP contribution in [0.1, 0.15) is 5.56 Å². The van der Waals surface area contributed by atoms with Gasteiger partial charge < -0.3 is 14.8 Å². The number of fused-ring (bicyclic) bond motifs is 1. The smallest absolute Gasteiger partial charge is 0.269 e. The minimum Gasteiger partial charge on any atom is -0.454 e. The Morgan fingerprint density at radius 1 is 1.19 bits per heavy atom. The van der Waals surface area contributed by atoms with Gasteiger partial charge >= 0.3 is 0 Å². The topological polar surface area (TPSA) is 73.6 Å². The molecule has 3 rings (SSSR count). The number of nitro benzene ring substituents is 1. The lowest BCUT2D eigenvalue weighted by atomic mass is 10.2. The molecule has 1 aliphatic rings. The Morgan fingerprint density at radius 3 is 2.52 bits per heavy atom. The van der Waals surface area contributed by atoms with Crippen LogP contribution in [0.3, 0.4) is 0 Å². The van der Waals surface area contributed by atoms with E-state index in [2.05, 4.69) is 5.32 Å². The molecule has 7 heteroatoms. The predicted molar refractivity (Wildman–Crippen MR) is 78.0 cm³/mol. The molecule has 0 aromatic heterocycles. The van der Waals surface area contributed by atoms with Crippen molar-refractivity contribution in [2.45, 2.75) is 6.54 Å². The van der Waals surface area contributed by atoms with Crippen molar-refractivity contribution in [3.8, 4) is 11.5 Å². The Hall–Kier alpha value is -2.47. The molecule has 1 N–H and O–H groups in total. The lowest BCUT2D eigenvalue weighted by molar-refractivity contribution is -0.384. The van der Waals surface area contributed by atoms with Crippen molar-refractivity contribution < 1.29 is 14.4 Å². The molecular weight excluding hydrogens is 296 g/mol. The first kappa shape index (κ1) is 13.5. The lowest BCUT2D eigenvalue weighted by Gasteiger charge is -2.09. The van der Waals surface area contributed by atoms with Crippen LogP contribution in [0.15, 0.2) is 36.4 Å². The molecule has 6 nitrogen and oxygen atoms in total. The van der Waals surface area contributed by atoms with E-state index < -0.39 is 4.92 Å². The first-order chi connectivity index (χ1) is 10.1.